The van der Waals surface area contributed by atoms with Crippen LogP contribution in [0.2, 0.25) is 0 Å². The average Bonchev–Trinajstić information content (AvgIpc) is 2.23. The largest absolute Gasteiger partial charge is 0.397 e. The van der Waals surface area contributed by atoms with Gasteiger partial charge < -0.3 is 11.1 Å². The maximum atomic E-state index is 5.87. The number of rotatable bonds is 6. The third-order valence-electron chi connectivity index (χ3n) is 2.55. The molecule has 0 atom stereocenters. The van der Waals surface area contributed by atoms with Crippen LogP contribution < -0.4 is 11.1 Å². The number of unbranched alkanes of at least 4 members (excludes halogenated alkanes) is 3. The van der Waals surface area contributed by atoms with Gasteiger partial charge in [-0.3, -0.25) is 0 Å². The highest BCUT2D eigenvalue weighted by Crippen LogP contribution is 2.19. The van der Waals surface area contributed by atoms with Crippen LogP contribution in [0.15, 0.2) is 18.2 Å². The van der Waals surface area contributed by atoms with Gasteiger partial charge in [-0.2, -0.15) is 0 Å². The average molecular weight is 206 g/mol. The van der Waals surface area contributed by atoms with Crippen LogP contribution >= 0.6 is 0 Å². The monoisotopic (exact) mass is 206 g/mol. The molecule has 1 aromatic carbocycles. The van der Waals surface area contributed by atoms with Gasteiger partial charge in [0.05, 0.1) is 11.4 Å². The second-order valence-corrected chi connectivity index (χ2v) is 4.08. The zero-order valence-corrected chi connectivity index (χ0v) is 9.84. The molecule has 0 amide bonds. The molecule has 3 N–H and O–H groups in total. The number of hydrogen-bond donors (Lipinski definition) is 2. The van der Waals surface area contributed by atoms with Crippen molar-refractivity contribution in [3.63, 3.8) is 0 Å². The van der Waals surface area contributed by atoms with Gasteiger partial charge in [0.1, 0.15) is 0 Å². The Morgan fingerprint density at radius 3 is 2.73 bits per heavy atom. The first kappa shape index (κ1) is 11.9. The first-order chi connectivity index (χ1) is 7.24. The summed E-state index contributed by atoms with van der Waals surface area (Å²) in [7, 11) is 0. The predicted molar refractivity (Wildman–Crippen MR) is 68.2 cm³/mol. The normalized spacial score (nSPS) is 10.3. The van der Waals surface area contributed by atoms with Crippen molar-refractivity contribution >= 4 is 11.4 Å². The lowest BCUT2D eigenvalue weighted by molar-refractivity contribution is 0.685. The van der Waals surface area contributed by atoms with Crippen LogP contribution in [0.4, 0.5) is 11.4 Å². The summed E-state index contributed by atoms with van der Waals surface area (Å²) in [4.78, 5) is 0. The van der Waals surface area contributed by atoms with Crippen LogP contribution in [0.1, 0.15) is 38.2 Å². The minimum absolute atomic E-state index is 0.844. The molecule has 2 heteroatoms. The Morgan fingerprint density at radius 1 is 1.20 bits per heavy atom. The lowest BCUT2D eigenvalue weighted by Crippen LogP contribution is -2.04. The molecule has 0 saturated carbocycles. The maximum absolute atomic E-state index is 5.87. The minimum atomic E-state index is 0.844. The minimum Gasteiger partial charge on any atom is -0.397 e. The Hall–Kier alpha value is -1.18. The summed E-state index contributed by atoms with van der Waals surface area (Å²) in [6.07, 6.45) is 5.13. The van der Waals surface area contributed by atoms with E-state index in [0.717, 1.165) is 17.9 Å². The molecule has 0 heterocycles. The number of anilines is 2. The molecule has 2 nitrogen and oxygen atoms in total. The van der Waals surface area contributed by atoms with Crippen molar-refractivity contribution in [1.29, 1.82) is 0 Å². The number of aryl methyl sites for hydroxylation is 1. The van der Waals surface area contributed by atoms with Crippen molar-refractivity contribution in [3.05, 3.63) is 23.8 Å². The number of nitrogens with one attached hydrogen (secondary N) is 1. The SMILES string of the molecule is CCCCCCNc1cc(C)ccc1N. The summed E-state index contributed by atoms with van der Waals surface area (Å²) in [5, 5.41) is 3.39. The van der Waals surface area contributed by atoms with Crippen molar-refractivity contribution in [1.82, 2.24) is 0 Å². The van der Waals surface area contributed by atoms with Crippen molar-refractivity contribution in [3.8, 4) is 0 Å². The maximum Gasteiger partial charge on any atom is 0.0576 e. The van der Waals surface area contributed by atoms with E-state index < -0.39 is 0 Å². The van der Waals surface area contributed by atoms with E-state index in [1.54, 1.807) is 0 Å². The molecule has 0 aliphatic heterocycles. The van der Waals surface area contributed by atoms with Crippen LogP contribution in [0.5, 0.6) is 0 Å². The molecule has 0 aliphatic rings. The van der Waals surface area contributed by atoms with E-state index in [-0.39, 0.29) is 0 Å². The second-order valence-electron chi connectivity index (χ2n) is 4.08. The van der Waals surface area contributed by atoms with Crippen molar-refractivity contribution in [2.24, 2.45) is 0 Å². The summed E-state index contributed by atoms with van der Waals surface area (Å²) in [6, 6.07) is 6.11. The van der Waals surface area contributed by atoms with Gasteiger partial charge in [-0.15, -0.1) is 0 Å². The van der Waals surface area contributed by atoms with E-state index >= 15 is 0 Å². The number of nitrogen functional groups attached to an aromatic ring is 1. The topological polar surface area (TPSA) is 38.0 Å². The van der Waals surface area contributed by atoms with Crippen molar-refractivity contribution in [2.75, 3.05) is 17.6 Å². The molecule has 0 aliphatic carbocycles. The fraction of sp³-hybridized carbons (Fsp3) is 0.538. The zero-order valence-electron chi connectivity index (χ0n) is 9.84. The van der Waals surface area contributed by atoms with Crippen molar-refractivity contribution in [2.45, 2.75) is 39.5 Å². The fourth-order valence-electron chi connectivity index (χ4n) is 1.60. The van der Waals surface area contributed by atoms with E-state index in [1.807, 2.05) is 12.1 Å². The van der Waals surface area contributed by atoms with E-state index in [9.17, 15) is 0 Å². The van der Waals surface area contributed by atoms with E-state index in [1.165, 1.54) is 31.2 Å². The van der Waals surface area contributed by atoms with E-state index in [2.05, 4.69) is 25.2 Å². The highest BCUT2D eigenvalue weighted by atomic mass is 14.9. The third kappa shape index (κ3) is 4.24. The predicted octanol–water partition coefficient (Wildman–Crippen LogP) is 3.57. The van der Waals surface area contributed by atoms with E-state index in [4.69, 9.17) is 5.73 Å². The van der Waals surface area contributed by atoms with Gasteiger partial charge in [0.2, 0.25) is 0 Å². The van der Waals surface area contributed by atoms with Gasteiger partial charge in [-0.1, -0.05) is 32.3 Å². The second kappa shape index (κ2) is 6.33. The van der Waals surface area contributed by atoms with Gasteiger partial charge in [-0.25, -0.2) is 0 Å². The Labute approximate surface area is 92.9 Å². The molecule has 1 aromatic rings. The number of hydrogen-bond acceptors (Lipinski definition) is 2. The summed E-state index contributed by atoms with van der Waals surface area (Å²) in [5.74, 6) is 0. The molecule has 0 unspecified atom stereocenters. The molecule has 0 radical (unpaired) electrons. The molecule has 0 aromatic heterocycles. The Morgan fingerprint density at radius 2 is 2.00 bits per heavy atom. The quantitative estimate of drug-likeness (QED) is 0.551. The first-order valence-electron chi connectivity index (χ1n) is 5.84. The molecule has 0 fully saturated rings. The fourth-order valence-corrected chi connectivity index (χ4v) is 1.60. The molecular weight excluding hydrogens is 184 g/mol. The van der Waals surface area contributed by atoms with Gasteiger partial charge in [0, 0.05) is 6.54 Å². The smallest absolute Gasteiger partial charge is 0.0576 e. The third-order valence-corrected chi connectivity index (χ3v) is 2.55. The summed E-state index contributed by atoms with van der Waals surface area (Å²) in [5.41, 5.74) is 9.04. The van der Waals surface area contributed by atoms with Crippen LogP contribution in [-0.4, -0.2) is 6.54 Å². The van der Waals surface area contributed by atoms with Crippen LogP contribution in [0, 0.1) is 6.92 Å². The highest BCUT2D eigenvalue weighted by molar-refractivity contribution is 5.66. The van der Waals surface area contributed by atoms with E-state index in [0.29, 0.717) is 0 Å². The number of benzene rings is 1. The molecule has 0 saturated heterocycles. The van der Waals surface area contributed by atoms with Gasteiger partial charge >= 0.3 is 0 Å². The Bertz CT molecular complexity index is 295. The first-order valence-corrected chi connectivity index (χ1v) is 5.84. The van der Waals surface area contributed by atoms with Gasteiger partial charge in [0.25, 0.3) is 0 Å². The highest BCUT2D eigenvalue weighted by Gasteiger charge is 1.97. The lowest BCUT2D eigenvalue weighted by atomic mass is 10.1. The van der Waals surface area contributed by atoms with Crippen LogP contribution in [0.3, 0.4) is 0 Å². The Balaban J connectivity index is 2.33. The number of nitrogens with two attached hydrogens (primary N) is 1. The molecule has 0 bridgehead atoms. The van der Waals surface area contributed by atoms with Gasteiger partial charge in [-0.05, 0) is 31.0 Å². The van der Waals surface area contributed by atoms with Gasteiger partial charge in [0.15, 0.2) is 0 Å². The summed E-state index contributed by atoms with van der Waals surface area (Å²) in [6.45, 7) is 5.33. The molecule has 15 heavy (non-hydrogen) atoms. The molecule has 0 spiro atoms. The molecule has 84 valence electrons. The zero-order chi connectivity index (χ0) is 11.1. The van der Waals surface area contributed by atoms with Crippen LogP contribution in [-0.2, 0) is 0 Å². The lowest BCUT2D eigenvalue weighted by Gasteiger charge is -2.09. The van der Waals surface area contributed by atoms with Crippen molar-refractivity contribution < 1.29 is 0 Å². The molecule has 1 rings (SSSR count). The Kier molecular flexibility index (Phi) is 5.02. The standard InChI is InChI=1S/C13H22N2/c1-3-4-5-6-9-15-13-10-11(2)7-8-12(13)14/h7-8,10,15H,3-6,9,14H2,1-2H3. The molecular formula is C13H22N2. The summed E-state index contributed by atoms with van der Waals surface area (Å²) >= 11 is 0. The summed E-state index contributed by atoms with van der Waals surface area (Å²) < 4.78 is 0. The van der Waals surface area contributed by atoms with Crippen LogP contribution in [0.25, 0.3) is 0 Å².